The second-order valence-corrected chi connectivity index (χ2v) is 5.42. The fourth-order valence-corrected chi connectivity index (χ4v) is 1.58. The van der Waals surface area contributed by atoms with Gasteiger partial charge in [0.05, 0.1) is 12.6 Å². The van der Waals surface area contributed by atoms with Crippen molar-refractivity contribution in [2.45, 2.75) is 44.8 Å². The van der Waals surface area contributed by atoms with Gasteiger partial charge in [0.1, 0.15) is 12.1 Å². The predicted molar refractivity (Wildman–Crippen MR) is 79.8 cm³/mol. The number of hydrogen-bond donors (Lipinski definition) is 6. The molecule has 10 nitrogen and oxygen atoms in total. The summed E-state index contributed by atoms with van der Waals surface area (Å²) in [6.07, 6.45) is -0.431. The first-order valence-corrected chi connectivity index (χ1v) is 7.08. The highest BCUT2D eigenvalue weighted by atomic mass is 16.4. The normalized spacial score (nSPS) is 14.7. The lowest BCUT2D eigenvalue weighted by Gasteiger charge is -2.22. The molecule has 3 amide bonds. The summed E-state index contributed by atoms with van der Waals surface area (Å²) in [5.41, 5.74) is 10.6. The summed E-state index contributed by atoms with van der Waals surface area (Å²) in [7, 11) is 0. The third-order valence-corrected chi connectivity index (χ3v) is 3.13. The molecule has 3 atom stereocenters. The number of carbonyl (C=O) groups excluding carboxylic acids is 3. The highest BCUT2D eigenvalue weighted by Gasteiger charge is 2.28. The Hall–Kier alpha value is -2.20. The van der Waals surface area contributed by atoms with Gasteiger partial charge in [-0.3, -0.25) is 14.4 Å². The van der Waals surface area contributed by atoms with Gasteiger partial charge in [-0.1, -0.05) is 13.8 Å². The number of carbonyl (C=O) groups is 4. The van der Waals surface area contributed by atoms with Crippen LogP contribution < -0.4 is 22.1 Å². The zero-order chi connectivity index (χ0) is 18.2. The number of carboxylic acids is 1. The van der Waals surface area contributed by atoms with Crippen LogP contribution in [0.3, 0.4) is 0 Å². The van der Waals surface area contributed by atoms with E-state index < -0.39 is 48.4 Å². The van der Waals surface area contributed by atoms with Crippen LogP contribution in [0.25, 0.3) is 0 Å². The van der Waals surface area contributed by atoms with E-state index in [9.17, 15) is 24.3 Å². The van der Waals surface area contributed by atoms with Gasteiger partial charge in [0.25, 0.3) is 0 Å². The van der Waals surface area contributed by atoms with Crippen LogP contribution in [0, 0.1) is 5.92 Å². The van der Waals surface area contributed by atoms with Crippen LogP contribution in [0.2, 0.25) is 0 Å². The Morgan fingerprint density at radius 2 is 1.57 bits per heavy atom. The Labute approximate surface area is 133 Å². The molecule has 0 bridgehead atoms. The first kappa shape index (κ1) is 20.8. The largest absolute Gasteiger partial charge is 0.480 e. The van der Waals surface area contributed by atoms with Crippen LogP contribution in [0.1, 0.15) is 26.7 Å². The van der Waals surface area contributed by atoms with Gasteiger partial charge in [0.2, 0.25) is 17.7 Å². The number of carboxylic acid groups (broad SMARTS) is 1. The predicted octanol–water partition coefficient (Wildman–Crippen LogP) is -2.72. The summed E-state index contributed by atoms with van der Waals surface area (Å²) in [4.78, 5) is 45.5. The van der Waals surface area contributed by atoms with E-state index in [0.29, 0.717) is 0 Å². The minimum absolute atomic E-state index is 0.181. The standard InChI is InChI=1S/C13H24N4O6/c1-6(2)10(15)12(21)17-8(5-18)11(20)16-7(13(22)23)3-4-9(14)19/h6-8,10,18H,3-5,15H2,1-2H3,(H2,14,19)(H,16,20)(H,17,21)(H,22,23). The Morgan fingerprint density at radius 3 is 1.96 bits per heavy atom. The summed E-state index contributed by atoms with van der Waals surface area (Å²) in [6, 6.07) is -3.58. The number of nitrogens with two attached hydrogens (primary N) is 2. The molecule has 8 N–H and O–H groups in total. The maximum absolute atomic E-state index is 12.0. The lowest BCUT2D eigenvalue weighted by atomic mass is 10.0. The Kier molecular flexibility index (Phi) is 8.81. The molecule has 0 spiro atoms. The van der Waals surface area contributed by atoms with Crippen molar-refractivity contribution in [2.24, 2.45) is 17.4 Å². The quantitative estimate of drug-likeness (QED) is 0.251. The summed E-state index contributed by atoms with van der Waals surface area (Å²) in [5, 5.41) is 22.6. The molecule has 0 aromatic heterocycles. The first-order chi connectivity index (χ1) is 10.6. The average molecular weight is 332 g/mol. The van der Waals surface area contributed by atoms with E-state index in [1.54, 1.807) is 13.8 Å². The van der Waals surface area contributed by atoms with Crippen LogP contribution in [0.5, 0.6) is 0 Å². The van der Waals surface area contributed by atoms with Crippen molar-refractivity contribution >= 4 is 23.7 Å². The molecule has 0 heterocycles. The lowest BCUT2D eigenvalue weighted by Crippen LogP contribution is -2.56. The van der Waals surface area contributed by atoms with Crippen LogP contribution in [-0.4, -0.2) is 58.6 Å². The molecule has 23 heavy (non-hydrogen) atoms. The summed E-state index contributed by atoms with van der Waals surface area (Å²) in [5.74, 6) is -3.78. The smallest absolute Gasteiger partial charge is 0.326 e. The highest BCUT2D eigenvalue weighted by molar-refractivity contribution is 5.92. The van der Waals surface area contributed by atoms with Crippen LogP contribution in [0.15, 0.2) is 0 Å². The molecular weight excluding hydrogens is 308 g/mol. The fraction of sp³-hybridized carbons (Fsp3) is 0.692. The monoisotopic (exact) mass is 332 g/mol. The number of hydrogen-bond acceptors (Lipinski definition) is 6. The van der Waals surface area contributed by atoms with Crippen LogP contribution in [-0.2, 0) is 19.2 Å². The molecular formula is C13H24N4O6. The third kappa shape index (κ3) is 7.56. The number of aliphatic carboxylic acids is 1. The van der Waals surface area contributed by atoms with Crippen molar-refractivity contribution in [3.8, 4) is 0 Å². The summed E-state index contributed by atoms with van der Waals surface area (Å²) < 4.78 is 0. The summed E-state index contributed by atoms with van der Waals surface area (Å²) in [6.45, 7) is 2.69. The number of rotatable bonds is 10. The highest BCUT2D eigenvalue weighted by Crippen LogP contribution is 2.01. The molecule has 0 saturated carbocycles. The Bertz CT molecular complexity index is 454. The molecule has 0 fully saturated rings. The van der Waals surface area contributed by atoms with E-state index in [1.165, 1.54) is 0 Å². The topological polar surface area (TPSA) is 185 Å². The van der Waals surface area contributed by atoms with E-state index >= 15 is 0 Å². The zero-order valence-electron chi connectivity index (χ0n) is 13.1. The third-order valence-electron chi connectivity index (χ3n) is 3.13. The number of amides is 3. The number of aliphatic hydroxyl groups is 1. The molecule has 0 aliphatic carbocycles. The van der Waals surface area contributed by atoms with Crippen molar-refractivity contribution < 1.29 is 29.4 Å². The van der Waals surface area contributed by atoms with Crippen molar-refractivity contribution in [3.05, 3.63) is 0 Å². The molecule has 0 rings (SSSR count). The molecule has 0 aromatic rings. The van der Waals surface area contributed by atoms with Gasteiger partial charge < -0.3 is 32.3 Å². The Balaban J connectivity index is 4.76. The van der Waals surface area contributed by atoms with Crippen LogP contribution in [0.4, 0.5) is 0 Å². The minimum Gasteiger partial charge on any atom is -0.480 e. The maximum Gasteiger partial charge on any atom is 0.326 e. The number of aliphatic hydroxyl groups excluding tert-OH is 1. The van der Waals surface area contributed by atoms with Crippen LogP contribution >= 0.6 is 0 Å². The van der Waals surface area contributed by atoms with Crippen molar-refractivity contribution in [1.82, 2.24) is 10.6 Å². The van der Waals surface area contributed by atoms with E-state index in [0.717, 1.165) is 0 Å². The second-order valence-electron chi connectivity index (χ2n) is 5.42. The average Bonchev–Trinajstić information content (AvgIpc) is 2.46. The number of primary amides is 1. The molecule has 10 heteroatoms. The van der Waals surface area contributed by atoms with E-state index in [2.05, 4.69) is 10.6 Å². The van der Waals surface area contributed by atoms with Crippen molar-refractivity contribution in [1.29, 1.82) is 0 Å². The second kappa shape index (κ2) is 9.74. The molecule has 132 valence electrons. The van der Waals surface area contributed by atoms with Gasteiger partial charge in [0, 0.05) is 6.42 Å². The number of nitrogens with one attached hydrogen (secondary N) is 2. The van der Waals surface area contributed by atoms with Gasteiger partial charge in [0.15, 0.2) is 0 Å². The first-order valence-electron chi connectivity index (χ1n) is 7.08. The van der Waals surface area contributed by atoms with Gasteiger partial charge in [-0.25, -0.2) is 4.79 Å². The SMILES string of the molecule is CC(C)C(N)C(=O)NC(CO)C(=O)NC(CCC(N)=O)C(=O)O. The van der Waals surface area contributed by atoms with E-state index in [1.807, 2.05) is 0 Å². The van der Waals surface area contributed by atoms with Gasteiger partial charge >= 0.3 is 5.97 Å². The molecule has 0 radical (unpaired) electrons. The zero-order valence-corrected chi connectivity index (χ0v) is 13.1. The van der Waals surface area contributed by atoms with Gasteiger partial charge in [-0.2, -0.15) is 0 Å². The lowest BCUT2D eigenvalue weighted by molar-refractivity contribution is -0.142. The fourth-order valence-electron chi connectivity index (χ4n) is 1.58. The molecule has 0 aromatic carbocycles. The minimum atomic E-state index is -1.36. The van der Waals surface area contributed by atoms with E-state index in [-0.39, 0.29) is 18.8 Å². The summed E-state index contributed by atoms with van der Waals surface area (Å²) >= 11 is 0. The molecule has 3 unspecified atom stereocenters. The van der Waals surface area contributed by atoms with E-state index in [4.69, 9.17) is 16.6 Å². The molecule has 0 aliphatic heterocycles. The van der Waals surface area contributed by atoms with Gasteiger partial charge in [-0.15, -0.1) is 0 Å². The van der Waals surface area contributed by atoms with Gasteiger partial charge in [-0.05, 0) is 12.3 Å². The maximum atomic E-state index is 12.0. The van der Waals surface area contributed by atoms with Crippen molar-refractivity contribution in [2.75, 3.05) is 6.61 Å². The molecule has 0 saturated heterocycles. The van der Waals surface area contributed by atoms with Crippen molar-refractivity contribution in [3.63, 3.8) is 0 Å². The molecule has 0 aliphatic rings. The Morgan fingerprint density at radius 1 is 1.04 bits per heavy atom.